The highest BCUT2D eigenvalue weighted by atomic mass is 35.5. The number of benzene rings is 1. The van der Waals surface area contributed by atoms with Gasteiger partial charge < -0.3 is 20.9 Å². The molecule has 3 heterocycles. The summed E-state index contributed by atoms with van der Waals surface area (Å²) < 4.78 is 0. The molecule has 2 aromatic rings. The standard InChI is InChI=1S/C25H33ClN6O3/c1-25(2,3)23(34)32-9-5-4-6-18(22(32)33)29-24(35)31-12-10-30(11-13-31)20-15-21(27)28-19-14-16(26)7-8-17(19)20/h7-8,14-15,18H,4-6,9-13H2,1-3H3,(H2,27,28)(H,29,35). The first-order valence-corrected chi connectivity index (χ1v) is 12.4. The van der Waals surface area contributed by atoms with Crippen LogP contribution in [0.1, 0.15) is 40.0 Å². The number of hydrogen-bond donors (Lipinski definition) is 2. The van der Waals surface area contributed by atoms with Crippen LogP contribution in [0.15, 0.2) is 24.3 Å². The Morgan fingerprint density at radius 1 is 1.09 bits per heavy atom. The first-order chi connectivity index (χ1) is 16.5. The van der Waals surface area contributed by atoms with E-state index >= 15 is 0 Å². The molecule has 3 N–H and O–H groups in total. The number of amides is 4. The second-order valence-corrected chi connectivity index (χ2v) is 10.7. The predicted octanol–water partition coefficient (Wildman–Crippen LogP) is 3.26. The number of piperazine rings is 1. The lowest BCUT2D eigenvalue weighted by molar-refractivity contribution is -0.150. The third-order valence-corrected chi connectivity index (χ3v) is 6.79. The van der Waals surface area contributed by atoms with Crippen molar-refractivity contribution in [2.45, 2.75) is 46.1 Å². The SMILES string of the molecule is CC(C)(C)C(=O)N1CCCCC(NC(=O)N2CCN(c3cc(N)nc4cc(Cl)ccc34)CC2)C1=O. The molecule has 2 aliphatic rings. The number of carbonyl (C=O) groups excluding carboxylic acids is 3. The lowest BCUT2D eigenvalue weighted by Crippen LogP contribution is -2.57. The van der Waals surface area contributed by atoms with Gasteiger partial charge in [0.25, 0.3) is 5.91 Å². The summed E-state index contributed by atoms with van der Waals surface area (Å²) in [5, 5.41) is 4.44. The maximum Gasteiger partial charge on any atom is 0.318 e. The molecule has 1 unspecified atom stereocenters. The molecule has 10 heteroatoms. The van der Waals surface area contributed by atoms with Crippen molar-refractivity contribution in [3.8, 4) is 0 Å². The number of rotatable bonds is 2. The molecule has 9 nitrogen and oxygen atoms in total. The molecule has 35 heavy (non-hydrogen) atoms. The van der Waals surface area contributed by atoms with Crippen LogP contribution < -0.4 is 16.0 Å². The van der Waals surface area contributed by atoms with E-state index in [1.54, 1.807) is 31.7 Å². The average Bonchev–Trinajstić information content (AvgIpc) is 2.98. The van der Waals surface area contributed by atoms with E-state index in [-0.39, 0.29) is 17.8 Å². The largest absolute Gasteiger partial charge is 0.384 e. The Labute approximate surface area is 210 Å². The van der Waals surface area contributed by atoms with E-state index in [0.717, 1.165) is 29.4 Å². The van der Waals surface area contributed by atoms with Crippen LogP contribution in [0.5, 0.6) is 0 Å². The molecular formula is C25H33ClN6O3. The number of hydrogen-bond acceptors (Lipinski definition) is 6. The van der Waals surface area contributed by atoms with Gasteiger partial charge in [0, 0.05) is 60.3 Å². The molecule has 0 aliphatic carbocycles. The summed E-state index contributed by atoms with van der Waals surface area (Å²) in [6.45, 7) is 8.01. The van der Waals surface area contributed by atoms with Crippen molar-refractivity contribution in [3.63, 3.8) is 0 Å². The molecule has 2 aliphatic heterocycles. The number of nitrogens with two attached hydrogens (primary N) is 1. The van der Waals surface area contributed by atoms with Gasteiger partial charge in [0.05, 0.1) is 5.52 Å². The number of aromatic nitrogens is 1. The Balaban J connectivity index is 1.41. The molecule has 0 spiro atoms. The third kappa shape index (κ3) is 5.45. The maximum atomic E-state index is 13.1. The van der Waals surface area contributed by atoms with Crippen molar-refractivity contribution in [3.05, 3.63) is 29.3 Å². The summed E-state index contributed by atoms with van der Waals surface area (Å²) in [4.78, 5) is 48.5. The highest BCUT2D eigenvalue weighted by Gasteiger charge is 2.37. The number of carbonyl (C=O) groups is 3. The summed E-state index contributed by atoms with van der Waals surface area (Å²) in [5.74, 6) is -0.106. The number of nitrogen functional groups attached to an aromatic ring is 1. The maximum absolute atomic E-state index is 13.1. The highest BCUT2D eigenvalue weighted by molar-refractivity contribution is 6.31. The van der Waals surface area contributed by atoms with Crippen molar-refractivity contribution in [2.75, 3.05) is 43.4 Å². The van der Waals surface area contributed by atoms with Crippen LogP contribution in [-0.4, -0.2) is 71.4 Å². The van der Waals surface area contributed by atoms with Crippen molar-refractivity contribution < 1.29 is 14.4 Å². The number of nitrogens with zero attached hydrogens (tertiary/aromatic N) is 4. The van der Waals surface area contributed by atoms with Gasteiger partial charge in [-0.25, -0.2) is 9.78 Å². The van der Waals surface area contributed by atoms with Crippen molar-refractivity contribution in [1.29, 1.82) is 0 Å². The molecule has 2 fully saturated rings. The highest BCUT2D eigenvalue weighted by Crippen LogP contribution is 2.30. The molecular weight excluding hydrogens is 468 g/mol. The van der Waals surface area contributed by atoms with Crippen LogP contribution in [0.4, 0.5) is 16.3 Å². The summed E-state index contributed by atoms with van der Waals surface area (Å²) in [6.07, 6.45) is 2.05. The normalized spacial score (nSPS) is 19.6. The molecule has 1 aromatic carbocycles. The van der Waals surface area contributed by atoms with Crippen LogP contribution in [0, 0.1) is 5.41 Å². The lowest BCUT2D eigenvalue weighted by Gasteiger charge is -2.37. The van der Waals surface area contributed by atoms with Crippen molar-refractivity contribution in [2.24, 2.45) is 5.41 Å². The van der Waals surface area contributed by atoms with Gasteiger partial charge in [0.2, 0.25) is 5.91 Å². The number of fused-ring (bicyclic) bond motifs is 1. The second kappa shape index (κ2) is 9.89. The van der Waals surface area contributed by atoms with Crippen molar-refractivity contribution >= 4 is 51.9 Å². The number of anilines is 2. The van der Waals surface area contributed by atoms with Gasteiger partial charge in [-0.05, 0) is 37.5 Å². The van der Waals surface area contributed by atoms with E-state index in [9.17, 15) is 14.4 Å². The minimum absolute atomic E-state index is 0.206. The summed E-state index contributed by atoms with van der Waals surface area (Å²) >= 11 is 6.12. The van der Waals surface area contributed by atoms with Gasteiger partial charge >= 0.3 is 6.03 Å². The van der Waals surface area contributed by atoms with E-state index in [1.807, 2.05) is 18.2 Å². The number of pyridine rings is 1. The molecule has 0 saturated carbocycles. The monoisotopic (exact) mass is 500 g/mol. The zero-order valence-electron chi connectivity index (χ0n) is 20.5. The van der Waals surface area contributed by atoms with Gasteiger partial charge in [0.1, 0.15) is 11.9 Å². The fraction of sp³-hybridized carbons (Fsp3) is 0.520. The number of likely N-dealkylation sites (tertiary alicyclic amines) is 1. The van der Waals surface area contributed by atoms with Crippen LogP contribution in [-0.2, 0) is 9.59 Å². The van der Waals surface area contributed by atoms with Gasteiger partial charge in [-0.2, -0.15) is 0 Å². The van der Waals surface area contributed by atoms with E-state index < -0.39 is 11.5 Å². The van der Waals surface area contributed by atoms with Gasteiger partial charge in [-0.15, -0.1) is 0 Å². The van der Waals surface area contributed by atoms with Crippen molar-refractivity contribution in [1.82, 2.24) is 20.1 Å². The Bertz CT molecular complexity index is 1130. The summed E-state index contributed by atoms with van der Waals surface area (Å²) in [6, 6.07) is 6.42. The zero-order chi connectivity index (χ0) is 25.3. The van der Waals surface area contributed by atoms with E-state index in [0.29, 0.717) is 50.0 Å². The van der Waals surface area contributed by atoms with E-state index in [2.05, 4.69) is 15.2 Å². The Morgan fingerprint density at radius 3 is 2.49 bits per heavy atom. The van der Waals surface area contributed by atoms with Crippen LogP contribution in [0.2, 0.25) is 5.02 Å². The molecule has 0 bridgehead atoms. The average molecular weight is 501 g/mol. The topological polar surface area (TPSA) is 112 Å². The molecule has 4 rings (SSSR count). The zero-order valence-corrected chi connectivity index (χ0v) is 21.3. The van der Waals surface area contributed by atoms with Gasteiger partial charge in [-0.3, -0.25) is 14.5 Å². The lowest BCUT2D eigenvalue weighted by atomic mass is 9.94. The minimum Gasteiger partial charge on any atom is -0.384 e. The Kier molecular flexibility index (Phi) is 7.07. The van der Waals surface area contributed by atoms with Crippen LogP contribution >= 0.6 is 11.6 Å². The number of imide groups is 1. The Morgan fingerprint density at radius 2 is 1.80 bits per heavy atom. The second-order valence-electron chi connectivity index (χ2n) is 10.2. The first kappa shape index (κ1) is 25.0. The van der Waals surface area contributed by atoms with Gasteiger partial charge in [0.15, 0.2) is 0 Å². The molecule has 1 atom stereocenters. The Hall–Kier alpha value is -3.07. The molecule has 0 radical (unpaired) electrons. The molecule has 2 saturated heterocycles. The summed E-state index contributed by atoms with van der Waals surface area (Å²) in [5.41, 5.74) is 7.06. The molecule has 188 valence electrons. The van der Waals surface area contributed by atoms with Crippen LogP contribution in [0.3, 0.4) is 0 Å². The molecule has 1 aromatic heterocycles. The fourth-order valence-electron chi connectivity index (χ4n) is 4.64. The quantitative estimate of drug-likeness (QED) is 0.654. The summed E-state index contributed by atoms with van der Waals surface area (Å²) in [7, 11) is 0. The minimum atomic E-state index is -0.692. The number of nitrogens with one attached hydrogen (secondary N) is 1. The fourth-order valence-corrected chi connectivity index (χ4v) is 4.80. The number of halogens is 1. The number of urea groups is 1. The third-order valence-electron chi connectivity index (χ3n) is 6.55. The smallest absolute Gasteiger partial charge is 0.318 e. The van der Waals surface area contributed by atoms with Gasteiger partial charge in [-0.1, -0.05) is 32.4 Å². The predicted molar refractivity (Wildman–Crippen MR) is 137 cm³/mol. The molecule has 4 amide bonds. The van der Waals surface area contributed by atoms with E-state index in [1.165, 1.54) is 4.90 Å². The van der Waals surface area contributed by atoms with Crippen LogP contribution in [0.25, 0.3) is 10.9 Å². The first-order valence-electron chi connectivity index (χ1n) is 12.1. The van der Waals surface area contributed by atoms with E-state index in [4.69, 9.17) is 17.3 Å².